The molecule has 0 atom stereocenters. The quantitative estimate of drug-likeness (QED) is 0.420. The van der Waals surface area contributed by atoms with Gasteiger partial charge in [-0.15, -0.1) is 0 Å². The molecular weight excluding hydrogens is 254 g/mol. The number of unbranched alkanes of at least 4 members (excludes halogenated alkanes) is 1. The van der Waals surface area contributed by atoms with E-state index in [1.54, 1.807) is 11.2 Å². The van der Waals surface area contributed by atoms with E-state index in [4.69, 9.17) is 9.15 Å². The normalized spacial score (nSPS) is 11.5. The Morgan fingerprint density at radius 3 is 2.95 bits per heavy atom. The Kier molecular flexibility index (Phi) is 5.55. The van der Waals surface area contributed by atoms with Crippen LogP contribution in [-0.4, -0.2) is 31.0 Å². The third-order valence-electron chi connectivity index (χ3n) is 2.85. The molecule has 0 radical (unpaired) electrons. The van der Waals surface area contributed by atoms with Gasteiger partial charge < -0.3 is 9.15 Å². The van der Waals surface area contributed by atoms with Crippen LogP contribution in [0.5, 0.6) is 0 Å². The molecule has 0 spiro atoms. The van der Waals surface area contributed by atoms with Crippen LogP contribution in [0.1, 0.15) is 26.7 Å². The number of hydrogen-bond acceptors (Lipinski definition) is 5. The fourth-order valence-electron chi connectivity index (χ4n) is 1.81. The summed E-state index contributed by atoms with van der Waals surface area (Å²) >= 11 is 0. The molecule has 5 nitrogen and oxygen atoms in total. The summed E-state index contributed by atoms with van der Waals surface area (Å²) in [6.07, 6.45) is 3.95. The Morgan fingerprint density at radius 1 is 1.35 bits per heavy atom. The van der Waals surface area contributed by atoms with Gasteiger partial charge in [-0.25, -0.2) is 5.01 Å². The molecule has 0 N–H and O–H groups in total. The molecule has 0 bridgehead atoms. The monoisotopic (exact) mass is 275 g/mol. The Morgan fingerprint density at radius 2 is 2.20 bits per heavy atom. The molecule has 0 aliphatic heterocycles. The number of ether oxygens (including phenoxy) is 1. The number of aromatic nitrogens is 1. The van der Waals surface area contributed by atoms with Gasteiger partial charge in [0.15, 0.2) is 5.58 Å². The number of para-hydroxylation sites is 2. The van der Waals surface area contributed by atoms with E-state index in [0.29, 0.717) is 19.2 Å². The van der Waals surface area contributed by atoms with Gasteiger partial charge in [0.2, 0.25) is 0 Å². The van der Waals surface area contributed by atoms with Gasteiger partial charge in [-0.1, -0.05) is 25.5 Å². The maximum absolute atomic E-state index is 5.71. The Balaban J connectivity index is 2.00. The third kappa shape index (κ3) is 3.81. The first-order chi connectivity index (χ1) is 9.85. The molecule has 1 aromatic heterocycles. The highest BCUT2D eigenvalue weighted by atomic mass is 16.5. The van der Waals surface area contributed by atoms with Gasteiger partial charge in [0.25, 0.3) is 0 Å². The molecule has 0 amide bonds. The largest absolute Gasteiger partial charge is 0.422 e. The van der Waals surface area contributed by atoms with Gasteiger partial charge in [-0.2, -0.15) is 10.1 Å². The van der Waals surface area contributed by atoms with Gasteiger partial charge in [0, 0.05) is 12.8 Å². The van der Waals surface area contributed by atoms with Crippen molar-refractivity contribution in [1.82, 2.24) is 4.98 Å². The fourth-order valence-corrected chi connectivity index (χ4v) is 1.81. The van der Waals surface area contributed by atoms with E-state index in [9.17, 15) is 0 Å². The summed E-state index contributed by atoms with van der Waals surface area (Å²) in [6, 6.07) is 8.20. The van der Waals surface area contributed by atoms with Crippen molar-refractivity contribution in [2.75, 3.05) is 24.8 Å². The highest BCUT2D eigenvalue weighted by Gasteiger charge is 2.12. The predicted octanol–water partition coefficient (Wildman–Crippen LogP) is 3.46. The zero-order valence-electron chi connectivity index (χ0n) is 12.1. The van der Waals surface area contributed by atoms with Crippen molar-refractivity contribution in [2.45, 2.75) is 26.7 Å². The Labute approximate surface area is 119 Å². The van der Waals surface area contributed by atoms with E-state index in [1.165, 1.54) is 0 Å². The van der Waals surface area contributed by atoms with E-state index < -0.39 is 0 Å². The van der Waals surface area contributed by atoms with E-state index in [2.05, 4.69) is 17.0 Å². The number of hydrazone groups is 1. The van der Waals surface area contributed by atoms with Gasteiger partial charge in [-0.3, -0.25) is 0 Å². The first-order valence-electron chi connectivity index (χ1n) is 7.04. The maximum Gasteiger partial charge on any atom is 0.319 e. The number of anilines is 1. The fraction of sp³-hybridized carbons (Fsp3) is 0.467. The van der Waals surface area contributed by atoms with Crippen LogP contribution in [0.3, 0.4) is 0 Å². The second-order valence-corrected chi connectivity index (χ2v) is 4.43. The first kappa shape index (κ1) is 14.5. The Hall–Kier alpha value is -1.88. The van der Waals surface area contributed by atoms with Crippen LogP contribution >= 0.6 is 0 Å². The number of rotatable bonds is 8. The van der Waals surface area contributed by atoms with Gasteiger partial charge >= 0.3 is 6.01 Å². The summed E-state index contributed by atoms with van der Waals surface area (Å²) in [5.41, 5.74) is 1.61. The van der Waals surface area contributed by atoms with Crippen LogP contribution in [-0.2, 0) is 4.74 Å². The highest BCUT2D eigenvalue weighted by Crippen LogP contribution is 2.21. The minimum atomic E-state index is 0.503. The standard InChI is InChI=1S/C15H21N3O2/c1-3-5-11-19-12-10-18(16-4-2)15-17-13-8-6-7-9-14(13)20-15/h4,6-9H,3,5,10-12H2,1-2H3/b16-4+. The summed E-state index contributed by atoms with van der Waals surface area (Å²) in [5.74, 6) is 0. The van der Waals surface area contributed by atoms with Crippen molar-refractivity contribution in [2.24, 2.45) is 5.10 Å². The molecule has 20 heavy (non-hydrogen) atoms. The van der Waals surface area contributed by atoms with Crippen LogP contribution < -0.4 is 5.01 Å². The van der Waals surface area contributed by atoms with E-state index in [0.717, 1.165) is 30.5 Å². The minimum absolute atomic E-state index is 0.503. The summed E-state index contributed by atoms with van der Waals surface area (Å²) in [5, 5.41) is 6.01. The highest BCUT2D eigenvalue weighted by molar-refractivity contribution is 5.74. The summed E-state index contributed by atoms with van der Waals surface area (Å²) in [7, 11) is 0. The molecule has 0 fully saturated rings. The molecule has 0 saturated carbocycles. The lowest BCUT2D eigenvalue weighted by Crippen LogP contribution is -2.22. The topological polar surface area (TPSA) is 50.9 Å². The molecule has 108 valence electrons. The van der Waals surface area contributed by atoms with Crippen LogP contribution in [0.4, 0.5) is 6.01 Å². The molecular formula is C15H21N3O2. The molecule has 0 aliphatic carbocycles. The molecule has 1 heterocycles. The smallest absolute Gasteiger partial charge is 0.319 e. The number of nitrogens with zero attached hydrogens (tertiary/aromatic N) is 3. The minimum Gasteiger partial charge on any atom is -0.422 e. The van der Waals surface area contributed by atoms with Crippen molar-refractivity contribution in [3.63, 3.8) is 0 Å². The zero-order valence-corrected chi connectivity index (χ0v) is 12.1. The molecule has 0 aliphatic rings. The third-order valence-corrected chi connectivity index (χ3v) is 2.85. The van der Waals surface area contributed by atoms with Crippen molar-refractivity contribution < 1.29 is 9.15 Å². The lowest BCUT2D eigenvalue weighted by atomic mass is 10.3. The number of fused-ring (bicyclic) bond motifs is 1. The van der Waals surface area contributed by atoms with Crippen molar-refractivity contribution in [3.05, 3.63) is 24.3 Å². The van der Waals surface area contributed by atoms with Crippen LogP contribution in [0.2, 0.25) is 0 Å². The first-order valence-corrected chi connectivity index (χ1v) is 7.04. The van der Waals surface area contributed by atoms with Gasteiger partial charge in [0.1, 0.15) is 5.52 Å². The van der Waals surface area contributed by atoms with E-state index in [-0.39, 0.29) is 0 Å². The predicted molar refractivity (Wildman–Crippen MR) is 81.2 cm³/mol. The van der Waals surface area contributed by atoms with Crippen molar-refractivity contribution in [1.29, 1.82) is 0 Å². The molecule has 2 rings (SSSR count). The van der Waals surface area contributed by atoms with Crippen LogP contribution in [0, 0.1) is 0 Å². The van der Waals surface area contributed by atoms with Crippen molar-refractivity contribution >= 4 is 23.3 Å². The van der Waals surface area contributed by atoms with Gasteiger partial charge in [-0.05, 0) is 25.5 Å². The number of benzene rings is 1. The SMILES string of the molecule is C/C=N/N(CCOCCCC)c1nc2ccccc2o1. The lowest BCUT2D eigenvalue weighted by molar-refractivity contribution is 0.136. The number of hydrogen-bond donors (Lipinski definition) is 0. The molecule has 5 heteroatoms. The molecule has 2 aromatic rings. The lowest BCUT2D eigenvalue weighted by Gasteiger charge is -2.14. The molecule has 0 saturated heterocycles. The summed E-state index contributed by atoms with van der Waals surface area (Å²) < 4.78 is 11.3. The zero-order chi connectivity index (χ0) is 14.2. The number of oxazole rings is 1. The maximum atomic E-state index is 5.71. The summed E-state index contributed by atoms with van der Waals surface area (Å²) in [4.78, 5) is 4.44. The van der Waals surface area contributed by atoms with Crippen LogP contribution in [0.25, 0.3) is 11.1 Å². The second-order valence-electron chi connectivity index (χ2n) is 4.43. The van der Waals surface area contributed by atoms with E-state index in [1.807, 2.05) is 31.2 Å². The van der Waals surface area contributed by atoms with Crippen LogP contribution in [0.15, 0.2) is 33.8 Å². The average Bonchev–Trinajstić information content (AvgIpc) is 2.89. The van der Waals surface area contributed by atoms with Gasteiger partial charge in [0.05, 0.1) is 13.2 Å². The second kappa shape index (κ2) is 7.65. The molecule has 0 unspecified atom stereocenters. The molecule has 1 aromatic carbocycles. The summed E-state index contributed by atoms with van der Waals surface area (Å²) in [6.45, 7) is 6.04. The average molecular weight is 275 g/mol. The Bertz CT molecular complexity index is 518. The van der Waals surface area contributed by atoms with E-state index >= 15 is 0 Å². The van der Waals surface area contributed by atoms with Crippen molar-refractivity contribution in [3.8, 4) is 0 Å².